The molecule has 2 heterocycles. The van der Waals surface area contributed by atoms with E-state index in [1.54, 1.807) is 12.1 Å². The van der Waals surface area contributed by atoms with Gasteiger partial charge in [0.05, 0.1) is 18.8 Å². The number of fused-ring (bicyclic) bond motifs is 1. The van der Waals surface area contributed by atoms with Gasteiger partial charge < -0.3 is 15.4 Å². The van der Waals surface area contributed by atoms with E-state index in [9.17, 15) is 9.59 Å². The molecule has 0 aliphatic heterocycles. The fourth-order valence-electron chi connectivity index (χ4n) is 2.01. The first-order valence-electron chi connectivity index (χ1n) is 7.33. The van der Waals surface area contributed by atoms with Gasteiger partial charge in [0.25, 0.3) is 5.91 Å². The number of carbonyl (C=O) groups is 2. The number of amides is 2. The van der Waals surface area contributed by atoms with Crippen LogP contribution in [0.25, 0.3) is 4.96 Å². The molecule has 8 heteroatoms. The molecule has 0 bridgehead atoms. The molecule has 2 N–H and O–H groups in total. The Kier molecular flexibility index (Phi) is 5.07. The second-order valence-electron chi connectivity index (χ2n) is 4.98. The van der Waals surface area contributed by atoms with Crippen LogP contribution < -0.4 is 15.4 Å². The van der Waals surface area contributed by atoms with Crippen molar-refractivity contribution in [2.75, 3.05) is 13.2 Å². The molecular formula is C16H16N4O3S. The zero-order valence-electron chi connectivity index (χ0n) is 12.8. The Labute approximate surface area is 142 Å². The molecule has 0 aliphatic rings. The molecule has 3 aromatic rings. The highest BCUT2D eigenvalue weighted by atomic mass is 32.1. The second-order valence-corrected chi connectivity index (χ2v) is 5.85. The fourth-order valence-corrected chi connectivity index (χ4v) is 2.73. The SMILES string of the molecule is O=C(CNC(=O)COc1ccccc1)NCc1cn2ccsc2n1. The minimum atomic E-state index is -0.350. The Morgan fingerprint density at radius 3 is 2.79 bits per heavy atom. The number of hydrogen-bond acceptors (Lipinski definition) is 5. The summed E-state index contributed by atoms with van der Waals surface area (Å²) in [5, 5.41) is 7.17. The van der Waals surface area contributed by atoms with Crippen LogP contribution in [0.5, 0.6) is 5.75 Å². The summed E-state index contributed by atoms with van der Waals surface area (Å²) in [5.74, 6) is -0.0206. The van der Waals surface area contributed by atoms with Crippen molar-refractivity contribution in [1.82, 2.24) is 20.0 Å². The van der Waals surface area contributed by atoms with Crippen molar-refractivity contribution in [2.24, 2.45) is 0 Å². The van der Waals surface area contributed by atoms with Gasteiger partial charge in [-0.05, 0) is 12.1 Å². The average Bonchev–Trinajstić information content (AvgIpc) is 3.18. The number of para-hydroxylation sites is 1. The highest BCUT2D eigenvalue weighted by Crippen LogP contribution is 2.11. The Morgan fingerprint density at radius 1 is 1.17 bits per heavy atom. The number of carbonyl (C=O) groups excluding carboxylic acids is 2. The Bertz CT molecular complexity index is 800. The highest BCUT2D eigenvalue weighted by molar-refractivity contribution is 7.15. The molecule has 0 unspecified atom stereocenters. The summed E-state index contributed by atoms with van der Waals surface area (Å²) in [6, 6.07) is 9.02. The topological polar surface area (TPSA) is 84.7 Å². The standard InChI is InChI=1S/C16H16N4O3S/c21-14(17-8-12-10-20-6-7-24-16(20)19-12)9-18-15(22)11-23-13-4-2-1-3-5-13/h1-7,10H,8-9,11H2,(H,17,21)(H,18,22). The number of rotatable bonds is 7. The van der Waals surface area contributed by atoms with Crippen LogP contribution in [0.4, 0.5) is 0 Å². The smallest absolute Gasteiger partial charge is 0.258 e. The highest BCUT2D eigenvalue weighted by Gasteiger charge is 2.08. The zero-order valence-corrected chi connectivity index (χ0v) is 13.6. The third kappa shape index (κ3) is 4.32. The van der Waals surface area contributed by atoms with Crippen LogP contribution in [0.2, 0.25) is 0 Å². The Balaban J connectivity index is 1.35. The lowest BCUT2D eigenvalue weighted by atomic mass is 10.3. The number of imidazole rings is 1. The number of nitrogens with zero attached hydrogens (tertiary/aromatic N) is 2. The third-order valence-corrected chi connectivity index (χ3v) is 3.94. The number of thiazole rings is 1. The van der Waals surface area contributed by atoms with E-state index in [1.807, 2.05) is 40.4 Å². The van der Waals surface area contributed by atoms with E-state index in [4.69, 9.17) is 4.74 Å². The summed E-state index contributed by atoms with van der Waals surface area (Å²) < 4.78 is 7.20. The van der Waals surface area contributed by atoms with Crippen molar-refractivity contribution in [3.8, 4) is 5.75 Å². The Hall–Kier alpha value is -2.87. The lowest BCUT2D eigenvalue weighted by Gasteiger charge is -2.07. The predicted octanol–water partition coefficient (Wildman–Crippen LogP) is 1.21. The molecule has 0 saturated heterocycles. The third-order valence-electron chi connectivity index (χ3n) is 3.17. The molecule has 7 nitrogen and oxygen atoms in total. The maximum atomic E-state index is 11.7. The van der Waals surface area contributed by atoms with E-state index < -0.39 is 0 Å². The van der Waals surface area contributed by atoms with E-state index in [0.717, 1.165) is 10.7 Å². The molecule has 2 amide bonds. The maximum absolute atomic E-state index is 11.7. The summed E-state index contributed by atoms with van der Waals surface area (Å²) in [6.45, 7) is 0.0947. The van der Waals surface area contributed by atoms with Crippen LogP contribution in [0.3, 0.4) is 0 Å². The monoisotopic (exact) mass is 344 g/mol. The van der Waals surface area contributed by atoms with Crippen LogP contribution in [0.1, 0.15) is 5.69 Å². The molecule has 0 atom stereocenters. The van der Waals surface area contributed by atoms with Gasteiger partial charge in [-0.1, -0.05) is 18.2 Å². The van der Waals surface area contributed by atoms with Crippen molar-refractivity contribution >= 4 is 28.1 Å². The lowest BCUT2D eigenvalue weighted by molar-refractivity contribution is -0.127. The lowest BCUT2D eigenvalue weighted by Crippen LogP contribution is -2.38. The molecule has 0 saturated carbocycles. The van der Waals surface area contributed by atoms with E-state index in [0.29, 0.717) is 12.3 Å². The predicted molar refractivity (Wildman–Crippen MR) is 89.9 cm³/mol. The van der Waals surface area contributed by atoms with Gasteiger partial charge in [0, 0.05) is 17.8 Å². The second kappa shape index (κ2) is 7.60. The summed E-state index contributed by atoms with van der Waals surface area (Å²) >= 11 is 1.53. The first-order chi connectivity index (χ1) is 11.7. The molecule has 124 valence electrons. The van der Waals surface area contributed by atoms with Gasteiger partial charge in [-0.15, -0.1) is 11.3 Å². The largest absolute Gasteiger partial charge is 0.484 e. The van der Waals surface area contributed by atoms with E-state index in [1.165, 1.54) is 11.3 Å². The molecule has 0 aliphatic carbocycles. The minimum Gasteiger partial charge on any atom is -0.484 e. The van der Waals surface area contributed by atoms with Crippen LogP contribution >= 0.6 is 11.3 Å². The van der Waals surface area contributed by atoms with E-state index in [-0.39, 0.29) is 25.0 Å². The molecule has 0 fully saturated rings. The van der Waals surface area contributed by atoms with Crippen LogP contribution in [-0.4, -0.2) is 34.4 Å². The normalized spacial score (nSPS) is 10.5. The molecule has 0 radical (unpaired) electrons. The fraction of sp³-hybridized carbons (Fsp3) is 0.188. The quantitative estimate of drug-likeness (QED) is 0.675. The summed E-state index contributed by atoms with van der Waals surface area (Å²) in [7, 11) is 0. The van der Waals surface area contributed by atoms with Crippen LogP contribution in [0.15, 0.2) is 48.1 Å². The average molecular weight is 344 g/mol. The number of benzene rings is 1. The van der Waals surface area contributed by atoms with Crippen LogP contribution in [0, 0.1) is 0 Å². The van der Waals surface area contributed by atoms with Gasteiger partial charge in [0.2, 0.25) is 5.91 Å². The summed E-state index contributed by atoms with van der Waals surface area (Å²) in [4.78, 5) is 28.6. The van der Waals surface area contributed by atoms with E-state index >= 15 is 0 Å². The molecule has 1 aromatic carbocycles. The number of hydrogen-bond donors (Lipinski definition) is 2. The van der Waals surface area contributed by atoms with Crippen LogP contribution in [-0.2, 0) is 16.1 Å². The van der Waals surface area contributed by atoms with Gasteiger partial charge in [-0.3, -0.25) is 14.0 Å². The molecule has 24 heavy (non-hydrogen) atoms. The van der Waals surface area contributed by atoms with Crippen molar-refractivity contribution in [1.29, 1.82) is 0 Å². The molecule has 3 rings (SSSR count). The van der Waals surface area contributed by atoms with Crippen molar-refractivity contribution in [3.05, 3.63) is 53.8 Å². The first kappa shape index (κ1) is 16.0. The van der Waals surface area contributed by atoms with Crippen molar-refractivity contribution < 1.29 is 14.3 Å². The summed E-state index contributed by atoms with van der Waals surface area (Å²) in [5.41, 5.74) is 0.772. The van der Waals surface area contributed by atoms with Crippen molar-refractivity contribution in [3.63, 3.8) is 0 Å². The molecular weight excluding hydrogens is 328 g/mol. The number of aromatic nitrogens is 2. The van der Waals surface area contributed by atoms with Gasteiger partial charge in [-0.25, -0.2) is 4.98 Å². The Morgan fingerprint density at radius 2 is 2.00 bits per heavy atom. The minimum absolute atomic E-state index is 0.0980. The molecule has 0 spiro atoms. The number of ether oxygens (including phenoxy) is 1. The zero-order chi connectivity index (χ0) is 16.8. The van der Waals surface area contributed by atoms with E-state index in [2.05, 4.69) is 15.6 Å². The van der Waals surface area contributed by atoms with Crippen molar-refractivity contribution in [2.45, 2.75) is 6.54 Å². The van der Waals surface area contributed by atoms with Gasteiger partial charge in [-0.2, -0.15) is 0 Å². The maximum Gasteiger partial charge on any atom is 0.258 e. The molecule has 2 aromatic heterocycles. The number of nitrogens with one attached hydrogen (secondary N) is 2. The first-order valence-corrected chi connectivity index (χ1v) is 8.21. The van der Waals surface area contributed by atoms with Gasteiger partial charge in [0.15, 0.2) is 11.6 Å². The van der Waals surface area contributed by atoms with Gasteiger partial charge >= 0.3 is 0 Å². The summed E-state index contributed by atoms with van der Waals surface area (Å²) in [6.07, 6.45) is 3.77. The van der Waals surface area contributed by atoms with Gasteiger partial charge in [0.1, 0.15) is 5.75 Å².